The molecule has 0 saturated carbocycles. The monoisotopic (exact) mass is 380 g/mol. The van der Waals surface area contributed by atoms with Crippen LogP contribution in [0.5, 0.6) is 11.5 Å². The molecule has 28 heavy (non-hydrogen) atoms. The molecule has 1 heterocycles. The standard InChI is InChI=1S/C22H24N2O4/c1-4-16-6-5-7-18(10-16)27-13-21(25)23-17-8-9-19-20(11-17)28-14-22(26)24(19)12-15(2)3/h5-11H,2,4,12-14H2,1,3H3,(H,23,25). The summed E-state index contributed by atoms with van der Waals surface area (Å²) in [6, 6.07) is 12.9. The lowest BCUT2D eigenvalue weighted by molar-refractivity contribution is -0.121. The van der Waals surface area contributed by atoms with E-state index in [1.54, 1.807) is 23.1 Å². The maximum absolute atomic E-state index is 12.2. The topological polar surface area (TPSA) is 67.9 Å². The van der Waals surface area contributed by atoms with E-state index in [1.165, 1.54) is 0 Å². The van der Waals surface area contributed by atoms with Crippen molar-refractivity contribution in [2.24, 2.45) is 0 Å². The van der Waals surface area contributed by atoms with E-state index in [2.05, 4.69) is 18.8 Å². The van der Waals surface area contributed by atoms with Crippen LogP contribution in [0.25, 0.3) is 0 Å². The summed E-state index contributed by atoms with van der Waals surface area (Å²) in [6.45, 7) is 8.11. The Bertz CT molecular complexity index is 907. The van der Waals surface area contributed by atoms with Crippen LogP contribution in [-0.2, 0) is 16.0 Å². The molecule has 146 valence electrons. The first-order valence-electron chi connectivity index (χ1n) is 9.19. The molecule has 0 saturated heterocycles. The Morgan fingerprint density at radius 3 is 2.86 bits per heavy atom. The molecule has 3 rings (SSSR count). The van der Waals surface area contributed by atoms with Crippen LogP contribution in [0.2, 0.25) is 0 Å². The van der Waals surface area contributed by atoms with Crippen molar-refractivity contribution >= 4 is 23.2 Å². The lowest BCUT2D eigenvalue weighted by atomic mass is 10.2. The minimum Gasteiger partial charge on any atom is -0.484 e. The van der Waals surface area contributed by atoms with Gasteiger partial charge >= 0.3 is 0 Å². The first-order chi connectivity index (χ1) is 13.5. The molecule has 0 fully saturated rings. The normalized spacial score (nSPS) is 12.8. The summed E-state index contributed by atoms with van der Waals surface area (Å²) >= 11 is 0. The lowest BCUT2D eigenvalue weighted by Crippen LogP contribution is -2.39. The summed E-state index contributed by atoms with van der Waals surface area (Å²) < 4.78 is 11.1. The quantitative estimate of drug-likeness (QED) is 0.746. The van der Waals surface area contributed by atoms with Crippen molar-refractivity contribution in [3.05, 3.63) is 60.2 Å². The molecular formula is C22H24N2O4. The summed E-state index contributed by atoms with van der Waals surface area (Å²) in [4.78, 5) is 25.9. The summed E-state index contributed by atoms with van der Waals surface area (Å²) in [7, 11) is 0. The number of nitrogens with one attached hydrogen (secondary N) is 1. The molecular weight excluding hydrogens is 356 g/mol. The molecule has 2 aromatic rings. The highest BCUT2D eigenvalue weighted by Crippen LogP contribution is 2.34. The summed E-state index contributed by atoms with van der Waals surface area (Å²) in [5, 5.41) is 2.79. The van der Waals surface area contributed by atoms with Crippen molar-refractivity contribution in [1.29, 1.82) is 0 Å². The zero-order valence-corrected chi connectivity index (χ0v) is 16.2. The van der Waals surface area contributed by atoms with E-state index in [0.29, 0.717) is 29.4 Å². The molecule has 0 unspecified atom stereocenters. The van der Waals surface area contributed by atoms with Crippen molar-refractivity contribution in [1.82, 2.24) is 0 Å². The molecule has 1 aliphatic rings. The molecule has 6 heteroatoms. The number of rotatable bonds is 7. The van der Waals surface area contributed by atoms with E-state index < -0.39 is 0 Å². The Hall–Kier alpha value is -3.28. The van der Waals surface area contributed by atoms with Gasteiger partial charge in [-0.05, 0) is 43.2 Å². The zero-order valence-electron chi connectivity index (χ0n) is 16.2. The van der Waals surface area contributed by atoms with Gasteiger partial charge in [-0.3, -0.25) is 9.59 Å². The Morgan fingerprint density at radius 2 is 2.11 bits per heavy atom. The number of anilines is 2. The van der Waals surface area contributed by atoms with Crippen LogP contribution in [0.3, 0.4) is 0 Å². The molecule has 0 atom stereocenters. The van der Waals surface area contributed by atoms with Crippen molar-refractivity contribution < 1.29 is 19.1 Å². The number of fused-ring (bicyclic) bond motifs is 1. The number of ether oxygens (including phenoxy) is 2. The maximum Gasteiger partial charge on any atom is 0.265 e. The highest BCUT2D eigenvalue weighted by atomic mass is 16.5. The van der Waals surface area contributed by atoms with Crippen LogP contribution >= 0.6 is 0 Å². The number of hydrogen-bond donors (Lipinski definition) is 1. The van der Waals surface area contributed by atoms with E-state index in [-0.39, 0.29) is 25.0 Å². The predicted molar refractivity (Wildman–Crippen MR) is 109 cm³/mol. The highest BCUT2D eigenvalue weighted by molar-refractivity contribution is 5.99. The van der Waals surface area contributed by atoms with Gasteiger partial charge in [-0.25, -0.2) is 0 Å². The van der Waals surface area contributed by atoms with Gasteiger partial charge in [0.15, 0.2) is 13.2 Å². The average Bonchev–Trinajstić information content (AvgIpc) is 2.68. The van der Waals surface area contributed by atoms with E-state index in [9.17, 15) is 9.59 Å². The van der Waals surface area contributed by atoms with Gasteiger partial charge in [-0.2, -0.15) is 0 Å². The van der Waals surface area contributed by atoms with E-state index >= 15 is 0 Å². The fourth-order valence-electron chi connectivity index (χ4n) is 2.93. The van der Waals surface area contributed by atoms with Crippen molar-refractivity contribution in [3.63, 3.8) is 0 Å². The van der Waals surface area contributed by atoms with Gasteiger partial charge in [0.25, 0.3) is 11.8 Å². The predicted octanol–water partition coefficient (Wildman–Crippen LogP) is 3.57. The Morgan fingerprint density at radius 1 is 1.29 bits per heavy atom. The number of carbonyl (C=O) groups excluding carboxylic acids is 2. The SMILES string of the molecule is C=C(C)CN1C(=O)COc2cc(NC(=O)COc3cccc(CC)c3)ccc21. The van der Waals surface area contributed by atoms with Crippen LogP contribution in [-0.4, -0.2) is 31.6 Å². The van der Waals surface area contributed by atoms with Gasteiger partial charge < -0.3 is 19.7 Å². The smallest absolute Gasteiger partial charge is 0.265 e. The molecule has 0 aromatic heterocycles. The first-order valence-corrected chi connectivity index (χ1v) is 9.19. The third kappa shape index (κ3) is 4.71. The second kappa shape index (κ2) is 8.61. The summed E-state index contributed by atoms with van der Waals surface area (Å²) in [5.41, 5.74) is 3.28. The Kier molecular flexibility index (Phi) is 5.99. The van der Waals surface area contributed by atoms with Crippen molar-refractivity contribution in [2.45, 2.75) is 20.3 Å². The fraction of sp³-hybridized carbons (Fsp3) is 0.273. The molecule has 6 nitrogen and oxygen atoms in total. The number of hydrogen-bond acceptors (Lipinski definition) is 4. The van der Waals surface area contributed by atoms with Crippen LogP contribution in [0.4, 0.5) is 11.4 Å². The van der Waals surface area contributed by atoms with Gasteiger partial charge in [0.05, 0.1) is 5.69 Å². The number of amides is 2. The first kappa shape index (κ1) is 19.5. The number of nitrogens with zero attached hydrogens (tertiary/aromatic N) is 1. The fourth-order valence-corrected chi connectivity index (χ4v) is 2.93. The number of carbonyl (C=O) groups is 2. The van der Waals surface area contributed by atoms with Gasteiger partial charge in [0.2, 0.25) is 0 Å². The van der Waals surface area contributed by atoms with E-state index in [4.69, 9.17) is 9.47 Å². The second-order valence-electron chi connectivity index (χ2n) is 6.75. The molecule has 2 aromatic carbocycles. The summed E-state index contributed by atoms with van der Waals surface area (Å²) in [6.07, 6.45) is 0.906. The lowest BCUT2D eigenvalue weighted by Gasteiger charge is -2.29. The third-order valence-corrected chi connectivity index (χ3v) is 4.29. The van der Waals surface area contributed by atoms with Gasteiger partial charge in [-0.1, -0.05) is 31.2 Å². The van der Waals surface area contributed by atoms with Crippen LogP contribution in [0.15, 0.2) is 54.6 Å². The van der Waals surface area contributed by atoms with Crippen LogP contribution in [0, 0.1) is 0 Å². The Labute approximate surface area is 164 Å². The van der Waals surface area contributed by atoms with Gasteiger partial charge in [-0.15, -0.1) is 0 Å². The highest BCUT2D eigenvalue weighted by Gasteiger charge is 2.25. The maximum atomic E-state index is 12.2. The number of aryl methyl sites for hydroxylation is 1. The third-order valence-electron chi connectivity index (χ3n) is 4.29. The van der Waals surface area contributed by atoms with Crippen LogP contribution in [0.1, 0.15) is 19.4 Å². The average molecular weight is 380 g/mol. The van der Waals surface area contributed by atoms with Crippen molar-refractivity contribution in [2.75, 3.05) is 30.0 Å². The minimum atomic E-state index is -0.271. The van der Waals surface area contributed by atoms with Gasteiger partial charge in [0.1, 0.15) is 11.5 Å². The molecule has 0 radical (unpaired) electrons. The molecule has 0 aliphatic carbocycles. The van der Waals surface area contributed by atoms with E-state index in [0.717, 1.165) is 17.6 Å². The molecule has 0 bridgehead atoms. The second-order valence-corrected chi connectivity index (χ2v) is 6.75. The molecule has 2 amide bonds. The zero-order chi connectivity index (χ0) is 20.1. The Balaban J connectivity index is 1.64. The van der Waals surface area contributed by atoms with Crippen LogP contribution < -0.4 is 19.7 Å². The number of benzene rings is 2. The van der Waals surface area contributed by atoms with E-state index in [1.807, 2.05) is 31.2 Å². The molecule has 1 aliphatic heterocycles. The molecule has 1 N–H and O–H groups in total. The van der Waals surface area contributed by atoms with Gasteiger partial charge in [0, 0.05) is 18.3 Å². The minimum absolute atomic E-state index is 0.0332. The largest absolute Gasteiger partial charge is 0.484 e. The summed E-state index contributed by atoms with van der Waals surface area (Å²) in [5.74, 6) is 0.829. The van der Waals surface area contributed by atoms with Crippen molar-refractivity contribution in [3.8, 4) is 11.5 Å². The molecule has 0 spiro atoms.